The average Bonchev–Trinajstić information content (AvgIpc) is 2.56. The van der Waals surface area contributed by atoms with Gasteiger partial charge in [0.05, 0.1) is 11.4 Å². The number of nitrogens with one attached hydrogen (secondary N) is 3. The number of aryl methyl sites for hydroxylation is 1. The summed E-state index contributed by atoms with van der Waals surface area (Å²) >= 11 is 0. The van der Waals surface area contributed by atoms with E-state index in [2.05, 4.69) is 10.0 Å². The average molecular weight is 381 g/mol. The van der Waals surface area contributed by atoms with Crippen LogP contribution in [0.1, 0.15) is 12.0 Å². The lowest BCUT2D eigenvalue weighted by molar-refractivity contribution is -0.138. The number of carbonyl (C=O) groups excluding carboxylic acids is 2. The van der Waals surface area contributed by atoms with Crippen LogP contribution in [0.25, 0.3) is 0 Å². The molecule has 0 saturated carbocycles. The van der Waals surface area contributed by atoms with Gasteiger partial charge in [-0.2, -0.15) is 13.2 Å². The summed E-state index contributed by atoms with van der Waals surface area (Å²) in [6, 6.07) is 5.88. The second kappa shape index (κ2) is 8.81. The van der Waals surface area contributed by atoms with E-state index in [-0.39, 0.29) is 17.7 Å². The molecule has 0 atom stereocenters. The van der Waals surface area contributed by atoms with Gasteiger partial charge in [0.1, 0.15) is 6.54 Å². The third kappa shape index (κ3) is 7.98. The quantitative estimate of drug-likeness (QED) is 0.603. The van der Waals surface area contributed by atoms with Gasteiger partial charge in [0, 0.05) is 6.42 Å². The highest BCUT2D eigenvalue weighted by Gasteiger charge is 2.27. The molecule has 0 heterocycles. The van der Waals surface area contributed by atoms with Crippen molar-refractivity contribution in [2.24, 2.45) is 0 Å². The molecule has 0 aromatic heterocycles. The maximum Gasteiger partial charge on any atom is 0.405 e. The monoisotopic (exact) mass is 381 g/mol. The Morgan fingerprint density at radius 1 is 1.04 bits per heavy atom. The van der Waals surface area contributed by atoms with Crippen LogP contribution in [0.4, 0.5) is 13.2 Å². The maximum absolute atomic E-state index is 11.9. The van der Waals surface area contributed by atoms with Crippen LogP contribution in [-0.4, -0.2) is 46.5 Å². The molecule has 0 spiro atoms. The van der Waals surface area contributed by atoms with Gasteiger partial charge in [0.15, 0.2) is 0 Å². The predicted octanol–water partition coefficient (Wildman–Crippen LogP) is 0.322. The first kappa shape index (κ1) is 20.9. The summed E-state index contributed by atoms with van der Waals surface area (Å²) in [7, 11) is -2.24. The van der Waals surface area contributed by atoms with Gasteiger partial charge in [0.25, 0.3) is 0 Å². The lowest BCUT2D eigenvalue weighted by Crippen LogP contribution is -2.40. The summed E-state index contributed by atoms with van der Waals surface area (Å²) in [4.78, 5) is 22.8. The lowest BCUT2D eigenvalue weighted by Gasteiger charge is -2.09. The highest BCUT2D eigenvalue weighted by Crippen LogP contribution is 2.12. The molecule has 0 aliphatic heterocycles. The second-order valence-electron chi connectivity index (χ2n) is 5.02. The number of benzene rings is 1. The molecule has 0 radical (unpaired) electrons. The number of halogens is 3. The van der Waals surface area contributed by atoms with Crippen molar-refractivity contribution < 1.29 is 31.2 Å². The van der Waals surface area contributed by atoms with E-state index in [0.29, 0.717) is 5.56 Å². The summed E-state index contributed by atoms with van der Waals surface area (Å²) in [6.07, 6.45) is -4.22. The highest BCUT2D eigenvalue weighted by molar-refractivity contribution is 7.89. The molecule has 0 fully saturated rings. The molecule has 3 N–H and O–H groups in total. The van der Waals surface area contributed by atoms with Crippen molar-refractivity contribution in [3.63, 3.8) is 0 Å². The molecule has 140 valence electrons. The van der Waals surface area contributed by atoms with E-state index >= 15 is 0 Å². The van der Waals surface area contributed by atoms with Crippen LogP contribution in [0.2, 0.25) is 0 Å². The minimum absolute atomic E-state index is 0.00464. The van der Waals surface area contributed by atoms with Crippen molar-refractivity contribution >= 4 is 21.8 Å². The Morgan fingerprint density at radius 3 is 2.16 bits per heavy atom. The number of amides is 2. The Hall–Kier alpha value is -2.14. The molecule has 0 aliphatic rings. The molecule has 7 nitrogen and oxygen atoms in total. The standard InChI is InChI=1S/C14H18F3N3O4S/c1-18-25(23,24)11-5-2-10(3-6-11)4-7-12(21)19-8-13(22)20-9-14(15,16)17/h2-3,5-6,18H,4,7-9H2,1H3,(H,19,21)(H,20,22). The highest BCUT2D eigenvalue weighted by atomic mass is 32.2. The number of hydrogen-bond acceptors (Lipinski definition) is 4. The largest absolute Gasteiger partial charge is 0.405 e. The fourth-order valence-corrected chi connectivity index (χ4v) is 2.47. The van der Waals surface area contributed by atoms with Crippen LogP contribution in [-0.2, 0) is 26.0 Å². The molecule has 0 aliphatic carbocycles. The van der Waals surface area contributed by atoms with E-state index in [1.54, 1.807) is 17.4 Å². The summed E-state index contributed by atoms with van der Waals surface area (Å²) in [5.74, 6) is -1.44. The summed E-state index contributed by atoms with van der Waals surface area (Å²) in [5, 5.41) is 3.85. The molecular formula is C14H18F3N3O4S. The normalized spacial score (nSPS) is 11.8. The number of hydrogen-bond donors (Lipinski definition) is 3. The van der Waals surface area contributed by atoms with Crippen LogP contribution in [0.5, 0.6) is 0 Å². The van der Waals surface area contributed by atoms with Crippen LogP contribution in [0.3, 0.4) is 0 Å². The summed E-state index contributed by atoms with van der Waals surface area (Å²) in [6.45, 7) is -2.00. The van der Waals surface area contributed by atoms with Gasteiger partial charge in [0.2, 0.25) is 21.8 Å². The Labute approximate surface area is 143 Å². The number of sulfonamides is 1. The van der Waals surface area contributed by atoms with E-state index in [0.717, 1.165) is 0 Å². The Bertz CT molecular complexity index is 703. The molecule has 0 saturated heterocycles. The van der Waals surface area contributed by atoms with E-state index < -0.39 is 41.1 Å². The van der Waals surface area contributed by atoms with E-state index in [4.69, 9.17) is 0 Å². The molecule has 2 amide bonds. The number of alkyl halides is 3. The first-order chi connectivity index (χ1) is 11.5. The minimum Gasteiger partial charge on any atom is -0.347 e. The lowest BCUT2D eigenvalue weighted by atomic mass is 10.1. The first-order valence-corrected chi connectivity index (χ1v) is 8.64. The van der Waals surface area contributed by atoms with E-state index in [9.17, 15) is 31.2 Å². The van der Waals surface area contributed by atoms with Gasteiger partial charge in [-0.1, -0.05) is 12.1 Å². The van der Waals surface area contributed by atoms with Crippen LogP contribution < -0.4 is 15.4 Å². The summed E-state index contributed by atoms with van der Waals surface area (Å²) < 4.78 is 61.0. The molecule has 25 heavy (non-hydrogen) atoms. The molecular weight excluding hydrogens is 363 g/mol. The molecule has 1 aromatic rings. The smallest absolute Gasteiger partial charge is 0.347 e. The zero-order valence-electron chi connectivity index (χ0n) is 13.3. The van der Waals surface area contributed by atoms with Gasteiger partial charge in [-0.25, -0.2) is 13.1 Å². The zero-order valence-corrected chi connectivity index (χ0v) is 14.1. The van der Waals surface area contributed by atoms with Gasteiger partial charge >= 0.3 is 6.18 Å². The summed E-state index contributed by atoms with van der Waals surface area (Å²) in [5.41, 5.74) is 0.701. The van der Waals surface area contributed by atoms with Gasteiger partial charge in [-0.05, 0) is 31.2 Å². The van der Waals surface area contributed by atoms with Crippen LogP contribution in [0, 0.1) is 0 Å². The molecule has 1 aromatic carbocycles. The topological polar surface area (TPSA) is 104 Å². The van der Waals surface area contributed by atoms with Gasteiger partial charge in [-0.3, -0.25) is 9.59 Å². The molecule has 0 bridgehead atoms. The Kier molecular flexibility index (Phi) is 7.37. The fourth-order valence-electron chi connectivity index (χ4n) is 1.74. The van der Waals surface area contributed by atoms with Crippen molar-refractivity contribution in [1.82, 2.24) is 15.4 Å². The number of rotatable bonds is 8. The Morgan fingerprint density at radius 2 is 1.64 bits per heavy atom. The second-order valence-corrected chi connectivity index (χ2v) is 6.91. The van der Waals surface area contributed by atoms with E-state index in [1.165, 1.54) is 19.2 Å². The maximum atomic E-state index is 11.9. The van der Waals surface area contributed by atoms with Crippen molar-refractivity contribution in [1.29, 1.82) is 0 Å². The molecule has 0 unspecified atom stereocenters. The Balaban J connectivity index is 2.38. The van der Waals surface area contributed by atoms with Crippen molar-refractivity contribution in [2.45, 2.75) is 23.9 Å². The van der Waals surface area contributed by atoms with Crippen LogP contribution in [0.15, 0.2) is 29.2 Å². The van der Waals surface area contributed by atoms with Gasteiger partial charge < -0.3 is 10.6 Å². The third-order valence-electron chi connectivity index (χ3n) is 3.08. The minimum atomic E-state index is -4.51. The van der Waals surface area contributed by atoms with E-state index in [1.807, 2.05) is 0 Å². The van der Waals surface area contributed by atoms with Gasteiger partial charge in [-0.15, -0.1) is 0 Å². The SMILES string of the molecule is CNS(=O)(=O)c1ccc(CCC(=O)NCC(=O)NCC(F)(F)F)cc1. The molecule has 1 rings (SSSR count). The predicted molar refractivity (Wildman–Crippen MR) is 83.1 cm³/mol. The van der Waals surface area contributed by atoms with Crippen molar-refractivity contribution in [3.05, 3.63) is 29.8 Å². The van der Waals surface area contributed by atoms with Crippen LogP contribution >= 0.6 is 0 Å². The third-order valence-corrected chi connectivity index (χ3v) is 4.51. The number of carbonyl (C=O) groups is 2. The molecule has 11 heteroatoms. The van der Waals surface area contributed by atoms with Crippen molar-refractivity contribution in [3.8, 4) is 0 Å². The first-order valence-electron chi connectivity index (χ1n) is 7.16. The van der Waals surface area contributed by atoms with Crippen molar-refractivity contribution in [2.75, 3.05) is 20.1 Å². The zero-order chi connectivity index (χ0) is 19.1. The fraction of sp³-hybridized carbons (Fsp3) is 0.429.